The second-order valence-electron chi connectivity index (χ2n) is 7.09. The quantitative estimate of drug-likeness (QED) is 0.454. The number of alkyl halides is 4. The van der Waals surface area contributed by atoms with Gasteiger partial charge in [0.05, 0.1) is 6.54 Å². The van der Waals surface area contributed by atoms with E-state index in [0.29, 0.717) is 24.3 Å². The van der Waals surface area contributed by atoms with Crippen LogP contribution < -0.4 is 0 Å². The highest BCUT2D eigenvalue weighted by atomic mass is 32.2. The normalized spacial score (nSPS) is 22.0. The number of hydrogen-bond acceptors (Lipinski definition) is 3. The summed E-state index contributed by atoms with van der Waals surface area (Å²) in [7, 11) is 0. The van der Waals surface area contributed by atoms with Gasteiger partial charge in [0, 0.05) is 18.9 Å². The maximum absolute atomic E-state index is 13.6. The lowest BCUT2D eigenvalue weighted by Crippen LogP contribution is -2.40. The van der Waals surface area contributed by atoms with Crippen molar-refractivity contribution in [2.45, 2.75) is 76.9 Å². The zero-order valence-corrected chi connectivity index (χ0v) is 15.3. The van der Waals surface area contributed by atoms with Gasteiger partial charge in [-0.25, -0.2) is 9.18 Å². The first-order valence-electron chi connectivity index (χ1n) is 8.26. The Hall–Kier alpha value is -0.660. The first-order chi connectivity index (χ1) is 11.0. The number of nitrogens with zero attached hydrogens (tertiary/aromatic N) is 1. The van der Waals surface area contributed by atoms with E-state index in [-0.39, 0.29) is 19.0 Å². The number of carbonyl (C=O) groups excluding carboxylic acids is 1. The van der Waals surface area contributed by atoms with Gasteiger partial charge < -0.3 is 9.64 Å². The van der Waals surface area contributed by atoms with Crippen LogP contribution >= 0.6 is 11.8 Å². The monoisotopic (exact) mass is 373 g/mol. The predicted octanol–water partition coefficient (Wildman–Crippen LogP) is 5.19. The number of halogens is 4. The van der Waals surface area contributed by atoms with Crippen LogP contribution in [-0.2, 0) is 4.74 Å². The van der Waals surface area contributed by atoms with E-state index in [1.54, 1.807) is 20.8 Å². The van der Waals surface area contributed by atoms with E-state index in [1.165, 1.54) is 16.7 Å². The van der Waals surface area contributed by atoms with Crippen molar-refractivity contribution in [1.29, 1.82) is 0 Å². The predicted molar refractivity (Wildman–Crippen MR) is 88.1 cm³/mol. The fourth-order valence-corrected chi connectivity index (χ4v) is 3.50. The lowest BCUT2D eigenvalue weighted by Gasteiger charge is -2.28. The fourth-order valence-electron chi connectivity index (χ4n) is 2.58. The molecule has 0 aromatic carbocycles. The lowest BCUT2D eigenvalue weighted by molar-refractivity contribution is -0.134. The Morgan fingerprint density at radius 1 is 1.21 bits per heavy atom. The van der Waals surface area contributed by atoms with Crippen molar-refractivity contribution in [3.63, 3.8) is 0 Å². The molecule has 0 spiro atoms. The highest BCUT2D eigenvalue weighted by molar-refractivity contribution is 7.99. The molecule has 0 aromatic rings. The molecule has 1 rings (SSSR count). The number of hydrogen-bond donors (Lipinski definition) is 0. The Morgan fingerprint density at radius 3 is 2.42 bits per heavy atom. The van der Waals surface area contributed by atoms with Gasteiger partial charge in [-0.15, -0.1) is 0 Å². The van der Waals surface area contributed by atoms with Gasteiger partial charge in [0.2, 0.25) is 0 Å². The summed E-state index contributed by atoms with van der Waals surface area (Å²) in [4.78, 5) is 13.6. The molecule has 1 heterocycles. The fraction of sp³-hybridized carbons (Fsp3) is 0.938. The third-order valence-electron chi connectivity index (χ3n) is 3.57. The van der Waals surface area contributed by atoms with Gasteiger partial charge in [0.25, 0.3) is 0 Å². The number of ether oxygens (including phenoxy) is 1. The Balaban J connectivity index is 2.26. The highest BCUT2D eigenvalue weighted by Gasteiger charge is 2.37. The molecule has 1 fully saturated rings. The average molecular weight is 373 g/mol. The summed E-state index contributed by atoms with van der Waals surface area (Å²) >= 11 is 1.47. The summed E-state index contributed by atoms with van der Waals surface area (Å²) in [5, 5.41) is 0. The van der Waals surface area contributed by atoms with Crippen LogP contribution in [0.15, 0.2) is 0 Å². The lowest BCUT2D eigenvalue weighted by atomic mass is 10.1. The van der Waals surface area contributed by atoms with Crippen LogP contribution in [0.25, 0.3) is 0 Å². The van der Waals surface area contributed by atoms with Crippen LogP contribution in [0.1, 0.15) is 52.9 Å². The van der Waals surface area contributed by atoms with Gasteiger partial charge in [-0.2, -0.15) is 24.9 Å². The average Bonchev–Trinajstić information content (AvgIpc) is 2.75. The van der Waals surface area contributed by atoms with Crippen molar-refractivity contribution >= 4 is 17.9 Å². The van der Waals surface area contributed by atoms with E-state index in [4.69, 9.17) is 4.74 Å². The summed E-state index contributed by atoms with van der Waals surface area (Å²) in [5.74, 6) is 1.18. The zero-order chi connectivity index (χ0) is 18.4. The summed E-state index contributed by atoms with van der Waals surface area (Å²) in [5.41, 5.74) is -0.621. The molecule has 1 amide bonds. The second-order valence-corrected chi connectivity index (χ2v) is 8.32. The van der Waals surface area contributed by atoms with E-state index in [1.807, 2.05) is 0 Å². The molecule has 1 aliphatic rings. The van der Waals surface area contributed by atoms with Crippen LogP contribution in [0.2, 0.25) is 0 Å². The smallest absolute Gasteiger partial charge is 0.410 e. The number of carbonyl (C=O) groups is 1. The number of likely N-dealkylation sites (tertiary alicyclic amines) is 1. The van der Waals surface area contributed by atoms with Crippen molar-refractivity contribution in [3.8, 4) is 0 Å². The van der Waals surface area contributed by atoms with Gasteiger partial charge in [-0.05, 0) is 51.5 Å². The minimum absolute atomic E-state index is 0.0539. The molecule has 142 valence electrons. The number of rotatable bonds is 7. The van der Waals surface area contributed by atoms with Crippen molar-refractivity contribution in [2.24, 2.45) is 0 Å². The van der Waals surface area contributed by atoms with E-state index in [0.717, 1.165) is 6.42 Å². The third-order valence-corrected chi connectivity index (χ3v) is 4.72. The minimum Gasteiger partial charge on any atom is -0.444 e. The standard InChI is InChI=1S/C16H27F4NO2S/c1-15(2,3)23-14(22)21-11-12(17)10-13(21)6-4-8-24-9-5-7-16(18,19)20/h12-13H,4-11H2,1-3H3. The highest BCUT2D eigenvalue weighted by Crippen LogP contribution is 2.27. The summed E-state index contributed by atoms with van der Waals surface area (Å²) in [6.45, 7) is 5.35. The topological polar surface area (TPSA) is 29.5 Å². The Morgan fingerprint density at radius 2 is 1.83 bits per heavy atom. The van der Waals surface area contributed by atoms with Gasteiger partial charge >= 0.3 is 12.3 Å². The number of amides is 1. The molecule has 2 atom stereocenters. The molecular formula is C16H27F4NO2S. The first-order valence-corrected chi connectivity index (χ1v) is 9.41. The van der Waals surface area contributed by atoms with Gasteiger partial charge in [0.1, 0.15) is 11.8 Å². The third kappa shape index (κ3) is 8.99. The van der Waals surface area contributed by atoms with Crippen LogP contribution in [0, 0.1) is 0 Å². The molecule has 1 aliphatic heterocycles. The maximum atomic E-state index is 13.6. The molecule has 0 saturated carbocycles. The Labute approximate surface area is 145 Å². The first kappa shape index (κ1) is 21.4. The van der Waals surface area contributed by atoms with Crippen molar-refractivity contribution < 1.29 is 27.1 Å². The van der Waals surface area contributed by atoms with Crippen LogP contribution in [-0.4, -0.2) is 53.0 Å². The van der Waals surface area contributed by atoms with Gasteiger partial charge in [-0.3, -0.25) is 0 Å². The minimum atomic E-state index is -4.09. The van der Waals surface area contributed by atoms with E-state index >= 15 is 0 Å². The van der Waals surface area contributed by atoms with Gasteiger partial charge in [-0.1, -0.05) is 0 Å². The Bertz CT molecular complexity index is 399. The summed E-state index contributed by atoms with van der Waals surface area (Å²) in [6, 6.07) is -0.189. The Kier molecular flexibility index (Phi) is 8.15. The van der Waals surface area contributed by atoms with Crippen molar-refractivity contribution in [2.75, 3.05) is 18.1 Å². The molecule has 2 unspecified atom stereocenters. The second kappa shape index (κ2) is 9.15. The molecular weight excluding hydrogens is 346 g/mol. The van der Waals surface area contributed by atoms with Crippen LogP contribution in [0.5, 0.6) is 0 Å². The van der Waals surface area contributed by atoms with Gasteiger partial charge in [0.15, 0.2) is 0 Å². The SMILES string of the molecule is CC(C)(C)OC(=O)N1CC(F)CC1CCCSCCCC(F)(F)F. The molecule has 0 radical (unpaired) electrons. The van der Waals surface area contributed by atoms with E-state index in [2.05, 4.69) is 0 Å². The number of thioether (sulfide) groups is 1. The molecule has 8 heteroatoms. The van der Waals surface area contributed by atoms with Crippen molar-refractivity contribution in [1.82, 2.24) is 4.90 Å². The molecule has 1 saturated heterocycles. The zero-order valence-electron chi connectivity index (χ0n) is 14.5. The molecule has 0 bridgehead atoms. The van der Waals surface area contributed by atoms with E-state index < -0.39 is 30.5 Å². The van der Waals surface area contributed by atoms with Crippen LogP contribution in [0.3, 0.4) is 0 Å². The summed E-state index contributed by atoms with van der Waals surface area (Å²) in [6.07, 6.45) is -4.56. The van der Waals surface area contributed by atoms with Crippen molar-refractivity contribution in [3.05, 3.63) is 0 Å². The molecule has 0 aliphatic carbocycles. The van der Waals surface area contributed by atoms with E-state index in [9.17, 15) is 22.4 Å². The molecule has 24 heavy (non-hydrogen) atoms. The summed E-state index contributed by atoms with van der Waals surface area (Å²) < 4.78 is 55.0. The molecule has 0 N–H and O–H groups in total. The molecule has 3 nitrogen and oxygen atoms in total. The molecule has 0 aromatic heterocycles. The maximum Gasteiger partial charge on any atom is 0.410 e. The largest absolute Gasteiger partial charge is 0.444 e. The van der Waals surface area contributed by atoms with Crippen LogP contribution in [0.4, 0.5) is 22.4 Å².